The summed E-state index contributed by atoms with van der Waals surface area (Å²) < 4.78 is 7.78. The van der Waals surface area contributed by atoms with E-state index in [0.29, 0.717) is 5.88 Å². The minimum absolute atomic E-state index is 0.585. The van der Waals surface area contributed by atoms with Gasteiger partial charge in [0.25, 0.3) is 0 Å². The Kier molecular flexibility index (Phi) is 4.07. The van der Waals surface area contributed by atoms with Crippen molar-refractivity contribution in [3.63, 3.8) is 0 Å². The maximum absolute atomic E-state index is 5.80. The SMILES string of the molecule is Cc1cnc(Oc2cc(C)c(Br)c(C)c2)c(Br)c1. The maximum atomic E-state index is 5.80. The summed E-state index contributed by atoms with van der Waals surface area (Å²) in [5.41, 5.74) is 3.39. The molecule has 0 fully saturated rings. The van der Waals surface area contributed by atoms with Gasteiger partial charge in [-0.1, -0.05) is 15.9 Å². The first kappa shape index (κ1) is 13.6. The summed E-state index contributed by atoms with van der Waals surface area (Å²) in [6, 6.07) is 5.97. The fraction of sp³-hybridized carbons (Fsp3) is 0.214. The Morgan fingerprint density at radius 3 is 2.17 bits per heavy atom. The summed E-state index contributed by atoms with van der Waals surface area (Å²) in [7, 11) is 0. The maximum Gasteiger partial charge on any atom is 0.233 e. The van der Waals surface area contributed by atoms with E-state index >= 15 is 0 Å². The lowest BCUT2D eigenvalue weighted by Crippen LogP contribution is -1.92. The molecule has 94 valence electrons. The molecule has 0 aliphatic carbocycles. The predicted molar refractivity (Wildman–Crippen MR) is 80.4 cm³/mol. The highest BCUT2D eigenvalue weighted by atomic mass is 79.9. The molecular weight excluding hydrogens is 358 g/mol. The van der Waals surface area contributed by atoms with Crippen LogP contribution < -0.4 is 4.74 Å². The van der Waals surface area contributed by atoms with Gasteiger partial charge in [-0.25, -0.2) is 4.98 Å². The molecule has 0 radical (unpaired) electrons. The number of hydrogen-bond donors (Lipinski definition) is 0. The standard InChI is InChI=1S/C14H13Br2NO/c1-8-4-12(15)14(17-7-8)18-11-5-9(2)13(16)10(3)6-11/h4-7H,1-3H3. The van der Waals surface area contributed by atoms with Crippen LogP contribution in [0.25, 0.3) is 0 Å². The third-order valence-corrected chi connectivity index (χ3v) is 4.39. The Morgan fingerprint density at radius 2 is 1.61 bits per heavy atom. The number of aryl methyl sites for hydroxylation is 3. The van der Waals surface area contributed by atoms with Gasteiger partial charge in [0.1, 0.15) is 5.75 Å². The Balaban J connectivity index is 2.34. The number of pyridine rings is 1. The van der Waals surface area contributed by atoms with Crippen LogP contribution in [0.2, 0.25) is 0 Å². The first-order valence-corrected chi connectivity index (χ1v) is 7.12. The Hall–Kier alpha value is -0.870. The van der Waals surface area contributed by atoms with Gasteiger partial charge in [-0.05, 0) is 71.6 Å². The van der Waals surface area contributed by atoms with Crippen LogP contribution in [0.3, 0.4) is 0 Å². The summed E-state index contributed by atoms with van der Waals surface area (Å²) in [5.74, 6) is 1.38. The second kappa shape index (κ2) is 5.41. The third kappa shape index (κ3) is 2.93. The van der Waals surface area contributed by atoms with Gasteiger partial charge in [0.15, 0.2) is 0 Å². The lowest BCUT2D eigenvalue weighted by atomic mass is 10.1. The molecule has 18 heavy (non-hydrogen) atoms. The molecule has 1 heterocycles. The van der Waals surface area contributed by atoms with E-state index in [9.17, 15) is 0 Å². The Morgan fingerprint density at radius 1 is 1.00 bits per heavy atom. The predicted octanol–water partition coefficient (Wildman–Crippen LogP) is 5.32. The molecule has 2 nitrogen and oxygen atoms in total. The normalized spacial score (nSPS) is 10.5. The highest BCUT2D eigenvalue weighted by Crippen LogP contribution is 2.31. The number of halogens is 2. The molecule has 2 aromatic rings. The van der Waals surface area contributed by atoms with Gasteiger partial charge in [-0.3, -0.25) is 0 Å². The van der Waals surface area contributed by atoms with E-state index in [2.05, 4.69) is 36.8 Å². The molecule has 0 aliphatic heterocycles. The van der Waals surface area contributed by atoms with E-state index in [0.717, 1.165) is 31.4 Å². The van der Waals surface area contributed by atoms with Crippen molar-refractivity contribution in [2.75, 3.05) is 0 Å². The molecule has 0 spiro atoms. The van der Waals surface area contributed by atoms with Gasteiger partial charge in [0.05, 0.1) is 4.47 Å². The summed E-state index contributed by atoms with van der Waals surface area (Å²) >= 11 is 7.00. The van der Waals surface area contributed by atoms with Crippen LogP contribution in [0.1, 0.15) is 16.7 Å². The van der Waals surface area contributed by atoms with E-state index in [1.54, 1.807) is 6.20 Å². The van der Waals surface area contributed by atoms with Crippen LogP contribution in [0.4, 0.5) is 0 Å². The number of benzene rings is 1. The van der Waals surface area contributed by atoms with Crippen LogP contribution in [-0.4, -0.2) is 4.98 Å². The van der Waals surface area contributed by atoms with Gasteiger partial charge in [-0.2, -0.15) is 0 Å². The van der Waals surface area contributed by atoms with Crippen molar-refractivity contribution in [3.05, 3.63) is 50.0 Å². The van der Waals surface area contributed by atoms with Crippen molar-refractivity contribution in [2.45, 2.75) is 20.8 Å². The molecule has 0 saturated carbocycles. The van der Waals surface area contributed by atoms with Crippen LogP contribution in [-0.2, 0) is 0 Å². The number of ether oxygens (including phenoxy) is 1. The lowest BCUT2D eigenvalue weighted by molar-refractivity contribution is 0.458. The van der Waals surface area contributed by atoms with E-state index < -0.39 is 0 Å². The molecule has 1 aromatic carbocycles. The molecule has 0 saturated heterocycles. The van der Waals surface area contributed by atoms with Crippen LogP contribution >= 0.6 is 31.9 Å². The fourth-order valence-corrected chi connectivity index (χ4v) is 2.45. The van der Waals surface area contributed by atoms with Gasteiger partial charge >= 0.3 is 0 Å². The molecular formula is C14H13Br2NO. The van der Waals surface area contributed by atoms with E-state index in [1.807, 2.05) is 39.0 Å². The van der Waals surface area contributed by atoms with Gasteiger partial charge in [-0.15, -0.1) is 0 Å². The van der Waals surface area contributed by atoms with Crippen molar-refractivity contribution < 1.29 is 4.74 Å². The van der Waals surface area contributed by atoms with Crippen LogP contribution in [0.5, 0.6) is 11.6 Å². The minimum Gasteiger partial charge on any atom is -0.438 e. The summed E-state index contributed by atoms with van der Waals surface area (Å²) in [6.45, 7) is 6.08. The highest BCUT2D eigenvalue weighted by molar-refractivity contribution is 9.10. The molecule has 0 aliphatic rings. The van der Waals surface area contributed by atoms with Crippen molar-refractivity contribution in [1.29, 1.82) is 0 Å². The zero-order valence-corrected chi connectivity index (χ0v) is 13.6. The van der Waals surface area contributed by atoms with Gasteiger partial charge in [0, 0.05) is 10.7 Å². The summed E-state index contributed by atoms with van der Waals surface area (Å²) in [4.78, 5) is 4.27. The van der Waals surface area contributed by atoms with Crippen molar-refractivity contribution >= 4 is 31.9 Å². The monoisotopic (exact) mass is 369 g/mol. The minimum atomic E-state index is 0.585. The van der Waals surface area contributed by atoms with E-state index in [4.69, 9.17) is 4.74 Å². The average Bonchev–Trinajstić information content (AvgIpc) is 2.29. The smallest absolute Gasteiger partial charge is 0.233 e. The average molecular weight is 371 g/mol. The Bertz CT molecular complexity index is 573. The fourth-order valence-electron chi connectivity index (χ4n) is 1.67. The first-order chi connectivity index (χ1) is 8.47. The van der Waals surface area contributed by atoms with Crippen LogP contribution in [0, 0.1) is 20.8 Å². The Labute approximate surface area is 124 Å². The first-order valence-electron chi connectivity index (χ1n) is 5.54. The van der Waals surface area contributed by atoms with Crippen molar-refractivity contribution in [2.24, 2.45) is 0 Å². The second-order valence-electron chi connectivity index (χ2n) is 4.27. The number of hydrogen-bond acceptors (Lipinski definition) is 2. The van der Waals surface area contributed by atoms with E-state index in [-0.39, 0.29) is 0 Å². The highest BCUT2D eigenvalue weighted by Gasteiger charge is 2.07. The summed E-state index contributed by atoms with van der Waals surface area (Å²) in [5, 5.41) is 0. The third-order valence-electron chi connectivity index (χ3n) is 2.57. The van der Waals surface area contributed by atoms with Crippen molar-refractivity contribution in [1.82, 2.24) is 4.98 Å². The molecule has 0 bridgehead atoms. The largest absolute Gasteiger partial charge is 0.438 e. The molecule has 4 heteroatoms. The van der Waals surface area contributed by atoms with Gasteiger partial charge in [0.2, 0.25) is 5.88 Å². The lowest BCUT2D eigenvalue weighted by Gasteiger charge is -2.10. The quantitative estimate of drug-likeness (QED) is 0.713. The second-order valence-corrected chi connectivity index (χ2v) is 5.92. The molecule has 0 N–H and O–H groups in total. The van der Waals surface area contributed by atoms with Gasteiger partial charge < -0.3 is 4.74 Å². The number of aromatic nitrogens is 1. The molecule has 0 atom stereocenters. The summed E-state index contributed by atoms with van der Waals surface area (Å²) in [6.07, 6.45) is 1.79. The molecule has 0 unspecified atom stereocenters. The molecule has 2 rings (SSSR count). The number of rotatable bonds is 2. The van der Waals surface area contributed by atoms with Crippen LogP contribution in [0.15, 0.2) is 33.3 Å². The van der Waals surface area contributed by atoms with E-state index in [1.165, 1.54) is 0 Å². The zero-order valence-electron chi connectivity index (χ0n) is 10.4. The topological polar surface area (TPSA) is 22.1 Å². The zero-order chi connectivity index (χ0) is 13.3. The molecule has 0 amide bonds. The number of nitrogens with zero attached hydrogens (tertiary/aromatic N) is 1. The molecule has 1 aromatic heterocycles. The van der Waals surface area contributed by atoms with Crippen molar-refractivity contribution in [3.8, 4) is 11.6 Å².